The highest BCUT2D eigenvalue weighted by molar-refractivity contribution is 5.92. The Morgan fingerprint density at radius 3 is 3.18 bits per heavy atom. The summed E-state index contributed by atoms with van der Waals surface area (Å²) in [7, 11) is 0. The molecular weight excluding hydrogens is 222 g/mol. The van der Waals surface area contributed by atoms with Crippen LogP contribution < -0.4 is 5.32 Å². The van der Waals surface area contributed by atoms with Crippen LogP contribution in [0, 0.1) is 5.92 Å². The average molecular weight is 237 g/mol. The van der Waals surface area contributed by atoms with Crippen LogP contribution in [0.25, 0.3) is 0 Å². The molecule has 1 saturated heterocycles. The first-order valence-electron chi connectivity index (χ1n) is 5.59. The molecule has 0 saturated carbocycles. The van der Waals surface area contributed by atoms with Gasteiger partial charge in [0, 0.05) is 19.1 Å². The van der Waals surface area contributed by atoms with E-state index >= 15 is 0 Å². The second-order valence-corrected chi connectivity index (χ2v) is 4.10. The van der Waals surface area contributed by atoms with Crippen molar-refractivity contribution >= 4 is 11.8 Å². The summed E-state index contributed by atoms with van der Waals surface area (Å²) in [6, 6.07) is 1.44. The van der Waals surface area contributed by atoms with Crippen molar-refractivity contribution in [3.8, 4) is 0 Å². The van der Waals surface area contributed by atoms with Gasteiger partial charge in [-0.2, -0.15) is 5.10 Å². The van der Waals surface area contributed by atoms with E-state index in [2.05, 4.69) is 15.5 Å². The van der Waals surface area contributed by atoms with Gasteiger partial charge < -0.3 is 15.2 Å². The van der Waals surface area contributed by atoms with Gasteiger partial charge in [-0.1, -0.05) is 0 Å². The van der Waals surface area contributed by atoms with Crippen molar-refractivity contribution in [3.63, 3.8) is 0 Å². The zero-order valence-corrected chi connectivity index (χ0v) is 9.59. The zero-order chi connectivity index (χ0) is 12.3. The number of carboxylic acid groups (broad SMARTS) is 1. The number of aromatic carboxylic acids is 1. The molecule has 0 spiro atoms. The van der Waals surface area contributed by atoms with Crippen LogP contribution in [0.4, 0.5) is 5.82 Å². The van der Waals surface area contributed by atoms with Crippen molar-refractivity contribution in [1.82, 2.24) is 10.2 Å². The van der Waals surface area contributed by atoms with Gasteiger partial charge in [0.1, 0.15) is 5.56 Å². The minimum atomic E-state index is -1.00. The summed E-state index contributed by atoms with van der Waals surface area (Å²) in [6.07, 6.45) is 2.56. The van der Waals surface area contributed by atoms with Crippen LogP contribution in [0.2, 0.25) is 0 Å². The Balaban J connectivity index is 2.01. The van der Waals surface area contributed by atoms with Crippen molar-refractivity contribution in [2.75, 3.05) is 18.5 Å². The minimum Gasteiger partial charge on any atom is -0.478 e. The van der Waals surface area contributed by atoms with Crippen LogP contribution in [0.3, 0.4) is 0 Å². The Labute approximate surface area is 99.0 Å². The quantitative estimate of drug-likeness (QED) is 0.813. The number of rotatable bonds is 4. The van der Waals surface area contributed by atoms with Gasteiger partial charge in [0.25, 0.3) is 0 Å². The van der Waals surface area contributed by atoms with E-state index in [9.17, 15) is 4.79 Å². The summed E-state index contributed by atoms with van der Waals surface area (Å²) in [4.78, 5) is 10.9. The molecule has 2 N–H and O–H groups in total. The summed E-state index contributed by atoms with van der Waals surface area (Å²) in [6.45, 7) is 3.44. The zero-order valence-electron chi connectivity index (χ0n) is 9.59. The van der Waals surface area contributed by atoms with E-state index in [0.29, 0.717) is 18.3 Å². The third-order valence-corrected chi connectivity index (χ3v) is 3.02. The van der Waals surface area contributed by atoms with Gasteiger partial charge in [-0.25, -0.2) is 4.79 Å². The second-order valence-electron chi connectivity index (χ2n) is 4.10. The number of carboxylic acids is 1. The number of hydrogen-bond acceptors (Lipinski definition) is 5. The van der Waals surface area contributed by atoms with Crippen molar-refractivity contribution in [3.05, 3.63) is 17.8 Å². The van der Waals surface area contributed by atoms with E-state index < -0.39 is 5.97 Å². The Bertz CT molecular complexity index is 411. The van der Waals surface area contributed by atoms with Crippen LogP contribution in [0.1, 0.15) is 23.7 Å². The number of nitrogens with zero attached hydrogens (tertiary/aromatic N) is 2. The predicted molar refractivity (Wildman–Crippen MR) is 61.0 cm³/mol. The maximum atomic E-state index is 10.9. The maximum absolute atomic E-state index is 10.9. The fourth-order valence-electron chi connectivity index (χ4n) is 1.91. The molecule has 0 aromatic carbocycles. The lowest BCUT2D eigenvalue weighted by Crippen LogP contribution is -2.22. The van der Waals surface area contributed by atoms with E-state index in [0.717, 1.165) is 13.0 Å². The Kier molecular flexibility index (Phi) is 3.53. The smallest absolute Gasteiger partial charge is 0.339 e. The summed E-state index contributed by atoms with van der Waals surface area (Å²) in [5, 5.41) is 19.5. The number of aromatic nitrogens is 2. The highest BCUT2D eigenvalue weighted by Gasteiger charge is 2.24. The molecule has 6 nitrogen and oxygen atoms in total. The van der Waals surface area contributed by atoms with E-state index in [1.165, 1.54) is 12.3 Å². The third kappa shape index (κ3) is 2.71. The van der Waals surface area contributed by atoms with Crippen LogP contribution in [-0.2, 0) is 4.74 Å². The highest BCUT2D eigenvalue weighted by Crippen LogP contribution is 2.21. The van der Waals surface area contributed by atoms with Crippen molar-refractivity contribution in [2.24, 2.45) is 5.92 Å². The van der Waals surface area contributed by atoms with Crippen LogP contribution >= 0.6 is 0 Å². The summed E-state index contributed by atoms with van der Waals surface area (Å²) >= 11 is 0. The topological polar surface area (TPSA) is 84.3 Å². The molecule has 1 fully saturated rings. The molecule has 0 amide bonds. The average Bonchev–Trinajstić information content (AvgIpc) is 2.72. The molecule has 1 aliphatic rings. The van der Waals surface area contributed by atoms with E-state index in [-0.39, 0.29) is 11.7 Å². The van der Waals surface area contributed by atoms with Gasteiger partial charge in [0.2, 0.25) is 0 Å². The molecule has 0 bridgehead atoms. The lowest BCUT2D eigenvalue weighted by molar-refractivity contribution is 0.0697. The number of nitrogens with one attached hydrogen (secondary N) is 1. The Morgan fingerprint density at radius 2 is 2.53 bits per heavy atom. The summed E-state index contributed by atoms with van der Waals surface area (Å²) in [5.74, 6) is -0.295. The molecule has 0 radical (unpaired) electrons. The van der Waals surface area contributed by atoms with Crippen molar-refractivity contribution < 1.29 is 14.6 Å². The van der Waals surface area contributed by atoms with Gasteiger partial charge in [0.05, 0.1) is 12.3 Å². The number of carbonyl (C=O) groups is 1. The molecule has 6 heteroatoms. The molecule has 2 atom stereocenters. The van der Waals surface area contributed by atoms with Gasteiger partial charge in [-0.3, -0.25) is 0 Å². The minimum absolute atomic E-state index is 0.145. The molecule has 2 unspecified atom stereocenters. The molecule has 1 aromatic rings. The van der Waals surface area contributed by atoms with Crippen molar-refractivity contribution in [2.45, 2.75) is 19.4 Å². The summed E-state index contributed by atoms with van der Waals surface area (Å²) in [5.41, 5.74) is 0.145. The molecule has 2 rings (SSSR count). The fourth-order valence-corrected chi connectivity index (χ4v) is 1.91. The van der Waals surface area contributed by atoms with E-state index in [1.54, 1.807) is 0 Å². The van der Waals surface area contributed by atoms with Crippen LogP contribution in [0.15, 0.2) is 12.3 Å². The SMILES string of the molecule is CC1OCCC1CNc1nnccc1C(=O)O. The first-order chi connectivity index (χ1) is 8.18. The monoisotopic (exact) mass is 237 g/mol. The largest absolute Gasteiger partial charge is 0.478 e. The fraction of sp³-hybridized carbons (Fsp3) is 0.545. The van der Waals surface area contributed by atoms with Gasteiger partial charge in [-0.05, 0) is 19.4 Å². The van der Waals surface area contributed by atoms with Gasteiger partial charge in [0.15, 0.2) is 5.82 Å². The standard InChI is InChI=1S/C11H15N3O3/c1-7-8(3-5-17-7)6-12-10-9(11(15)16)2-4-13-14-10/h2,4,7-8H,3,5-6H2,1H3,(H,12,14)(H,15,16). The van der Waals surface area contributed by atoms with Gasteiger partial charge in [-0.15, -0.1) is 5.10 Å². The molecule has 92 valence electrons. The number of ether oxygens (including phenoxy) is 1. The van der Waals surface area contributed by atoms with E-state index in [4.69, 9.17) is 9.84 Å². The van der Waals surface area contributed by atoms with Crippen LogP contribution in [0.5, 0.6) is 0 Å². The third-order valence-electron chi connectivity index (χ3n) is 3.02. The second kappa shape index (κ2) is 5.09. The first kappa shape index (κ1) is 11.8. The lowest BCUT2D eigenvalue weighted by atomic mass is 10.0. The first-order valence-corrected chi connectivity index (χ1v) is 5.59. The number of anilines is 1. The van der Waals surface area contributed by atoms with E-state index in [1.807, 2.05) is 6.92 Å². The normalized spacial score (nSPS) is 23.6. The Morgan fingerprint density at radius 1 is 1.71 bits per heavy atom. The molecule has 0 aliphatic carbocycles. The Hall–Kier alpha value is -1.69. The lowest BCUT2D eigenvalue weighted by Gasteiger charge is -2.15. The number of hydrogen-bond donors (Lipinski definition) is 2. The summed E-state index contributed by atoms with van der Waals surface area (Å²) < 4.78 is 5.44. The predicted octanol–water partition coefficient (Wildman–Crippen LogP) is 1.01. The molecule has 2 heterocycles. The van der Waals surface area contributed by atoms with Crippen LogP contribution in [-0.4, -0.2) is 40.5 Å². The van der Waals surface area contributed by atoms with Crippen molar-refractivity contribution in [1.29, 1.82) is 0 Å². The molecule has 1 aliphatic heterocycles. The molecule has 1 aromatic heterocycles. The van der Waals surface area contributed by atoms with Gasteiger partial charge >= 0.3 is 5.97 Å². The molecular formula is C11H15N3O3. The highest BCUT2D eigenvalue weighted by atomic mass is 16.5. The molecule has 17 heavy (non-hydrogen) atoms. The maximum Gasteiger partial charge on any atom is 0.339 e.